The molecule has 7 heteroatoms. The number of nitrogens with one attached hydrogen (secondary N) is 1. The van der Waals surface area contributed by atoms with Gasteiger partial charge in [-0.05, 0) is 55.2 Å². The third-order valence-electron chi connectivity index (χ3n) is 7.27. The smallest absolute Gasteiger partial charge is 0.243 e. The minimum atomic E-state index is -3.80. The Morgan fingerprint density at radius 3 is 2.25 bits per heavy atom. The molecule has 0 bridgehead atoms. The topological polar surface area (TPSA) is 86.7 Å². The van der Waals surface area contributed by atoms with Crippen LogP contribution in [0.15, 0.2) is 65.6 Å². The highest BCUT2D eigenvalue weighted by Gasteiger charge is 2.33. The van der Waals surface area contributed by atoms with Crippen LogP contribution in [0.2, 0.25) is 0 Å². The third kappa shape index (κ3) is 7.89. The highest BCUT2D eigenvalue weighted by Crippen LogP contribution is 2.30. The fourth-order valence-corrected chi connectivity index (χ4v) is 6.43. The van der Waals surface area contributed by atoms with Crippen molar-refractivity contribution >= 4 is 15.9 Å². The lowest BCUT2D eigenvalue weighted by molar-refractivity contribution is -0.129. The van der Waals surface area contributed by atoms with E-state index in [1.54, 1.807) is 30.3 Å². The predicted molar refractivity (Wildman–Crippen MR) is 144 cm³/mol. The van der Waals surface area contributed by atoms with E-state index in [2.05, 4.69) is 12.2 Å². The summed E-state index contributed by atoms with van der Waals surface area (Å²) in [6.45, 7) is 6.44. The lowest BCUT2D eigenvalue weighted by atomic mass is 9.79. The molecular weight excluding hydrogens is 472 g/mol. The molecule has 36 heavy (non-hydrogen) atoms. The number of aliphatic hydroxyl groups excluding tert-OH is 1. The van der Waals surface area contributed by atoms with Crippen LogP contribution in [0.1, 0.15) is 58.4 Å². The Morgan fingerprint density at radius 2 is 1.64 bits per heavy atom. The van der Waals surface area contributed by atoms with E-state index in [0.717, 1.165) is 31.2 Å². The van der Waals surface area contributed by atoms with Crippen LogP contribution in [0.3, 0.4) is 0 Å². The molecular formula is C29H42N2O4S. The van der Waals surface area contributed by atoms with E-state index in [9.17, 15) is 18.3 Å². The summed E-state index contributed by atoms with van der Waals surface area (Å²) in [5, 5.41) is 14.5. The molecule has 0 heterocycles. The van der Waals surface area contributed by atoms with E-state index in [0.29, 0.717) is 31.2 Å². The molecule has 4 unspecified atom stereocenters. The van der Waals surface area contributed by atoms with Crippen LogP contribution >= 0.6 is 0 Å². The Bertz CT molecular complexity index is 1040. The molecule has 4 atom stereocenters. The van der Waals surface area contributed by atoms with Crippen LogP contribution < -0.4 is 5.32 Å². The highest BCUT2D eigenvalue weighted by molar-refractivity contribution is 7.89. The first-order valence-corrected chi connectivity index (χ1v) is 14.7. The molecule has 198 valence electrons. The highest BCUT2D eigenvalue weighted by atomic mass is 32.2. The zero-order valence-corrected chi connectivity index (χ0v) is 22.7. The maximum Gasteiger partial charge on any atom is 0.243 e. The van der Waals surface area contributed by atoms with Crippen molar-refractivity contribution in [3.05, 3.63) is 66.2 Å². The SMILES string of the molecule is CC(C)CCN(CC(O)C(Cc1ccccc1)NC(=O)C1CCCCC1C)S(=O)(=O)c1ccccc1. The number of hydrogen-bond acceptors (Lipinski definition) is 4. The Labute approximate surface area is 217 Å². The molecule has 6 nitrogen and oxygen atoms in total. The zero-order chi connectivity index (χ0) is 26.1. The number of hydrogen-bond donors (Lipinski definition) is 2. The van der Waals surface area contributed by atoms with Crippen LogP contribution in [0.4, 0.5) is 0 Å². The van der Waals surface area contributed by atoms with Crippen LogP contribution in [-0.4, -0.2) is 49.0 Å². The van der Waals surface area contributed by atoms with Crippen LogP contribution in [0.25, 0.3) is 0 Å². The molecule has 1 aliphatic carbocycles. The summed E-state index contributed by atoms with van der Waals surface area (Å²) < 4.78 is 28.4. The van der Waals surface area contributed by atoms with Gasteiger partial charge >= 0.3 is 0 Å². The molecule has 0 spiro atoms. The van der Waals surface area contributed by atoms with Gasteiger partial charge in [0.15, 0.2) is 0 Å². The van der Waals surface area contributed by atoms with Gasteiger partial charge in [-0.3, -0.25) is 4.79 Å². The minimum absolute atomic E-state index is 0.0400. The van der Waals surface area contributed by atoms with Crippen molar-refractivity contribution in [1.29, 1.82) is 0 Å². The van der Waals surface area contributed by atoms with E-state index in [1.165, 1.54) is 4.31 Å². The summed E-state index contributed by atoms with van der Waals surface area (Å²) in [6.07, 6.45) is 4.10. The summed E-state index contributed by atoms with van der Waals surface area (Å²) in [5.41, 5.74) is 0.984. The molecule has 0 saturated heterocycles. The van der Waals surface area contributed by atoms with Gasteiger partial charge in [-0.2, -0.15) is 4.31 Å². The molecule has 1 fully saturated rings. The second kappa shape index (κ2) is 13.4. The standard InChI is InChI=1S/C29H42N2O4S/c1-22(2)18-19-31(36(34,35)25-15-8-5-9-16-25)21-28(32)27(20-24-13-6-4-7-14-24)30-29(33)26-17-11-10-12-23(26)3/h4-9,13-16,22-23,26-28,32H,10-12,17-21H2,1-3H3,(H,30,33). The normalized spacial score (nSPS) is 20.3. The summed E-state index contributed by atoms with van der Waals surface area (Å²) in [5.74, 6) is 0.494. The number of rotatable bonds is 12. The van der Waals surface area contributed by atoms with Gasteiger partial charge in [-0.25, -0.2) is 8.42 Å². The lowest BCUT2D eigenvalue weighted by Crippen LogP contribution is -2.52. The van der Waals surface area contributed by atoms with Crippen molar-refractivity contribution in [2.24, 2.45) is 17.8 Å². The van der Waals surface area contributed by atoms with Crippen LogP contribution in [0, 0.1) is 17.8 Å². The predicted octanol–water partition coefficient (Wildman–Crippen LogP) is 4.64. The largest absolute Gasteiger partial charge is 0.390 e. The Kier molecular flexibility index (Phi) is 10.5. The number of amides is 1. The number of carbonyl (C=O) groups excluding carboxylic acids is 1. The summed E-state index contributed by atoms with van der Waals surface area (Å²) in [7, 11) is -3.80. The van der Waals surface area contributed by atoms with Gasteiger partial charge in [0.05, 0.1) is 17.0 Å². The van der Waals surface area contributed by atoms with Crippen molar-refractivity contribution in [3.63, 3.8) is 0 Å². The van der Waals surface area contributed by atoms with Crippen LogP contribution in [0.5, 0.6) is 0 Å². The third-order valence-corrected chi connectivity index (χ3v) is 9.15. The summed E-state index contributed by atoms with van der Waals surface area (Å²) >= 11 is 0. The molecule has 0 radical (unpaired) electrons. The second-order valence-corrected chi connectivity index (χ2v) is 12.5. The number of carbonyl (C=O) groups is 1. The van der Waals surface area contributed by atoms with E-state index < -0.39 is 22.2 Å². The van der Waals surface area contributed by atoms with Gasteiger partial charge in [-0.15, -0.1) is 0 Å². The minimum Gasteiger partial charge on any atom is -0.390 e. The van der Waals surface area contributed by atoms with Gasteiger partial charge < -0.3 is 10.4 Å². The van der Waals surface area contributed by atoms with Gasteiger partial charge in [0.25, 0.3) is 0 Å². The van der Waals surface area contributed by atoms with Gasteiger partial charge in [0.1, 0.15) is 0 Å². The monoisotopic (exact) mass is 514 g/mol. The molecule has 1 amide bonds. The van der Waals surface area contributed by atoms with Gasteiger partial charge in [-0.1, -0.05) is 82.1 Å². The Hall–Kier alpha value is -2.22. The number of nitrogens with zero attached hydrogens (tertiary/aromatic N) is 1. The second-order valence-electron chi connectivity index (χ2n) is 10.6. The molecule has 2 N–H and O–H groups in total. The van der Waals surface area contributed by atoms with E-state index in [-0.39, 0.29) is 23.3 Å². The quantitative estimate of drug-likeness (QED) is 0.432. The first-order valence-electron chi connectivity index (χ1n) is 13.3. The van der Waals surface area contributed by atoms with Crippen molar-refractivity contribution in [1.82, 2.24) is 9.62 Å². The average Bonchev–Trinajstić information content (AvgIpc) is 2.87. The summed E-state index contributed by atoms with van der Waals surface area (Å²) in [6, 6.07) is 17.5. The maximum atomic E-state index is 13.5. The van der Waals surface area contributed by atoms with Crippen LogP contribution in [-0.2, 0) is 21.2 Å². The molecule has 0 aromatic heterocycles. The van der Waals surface area contributed by atoms with Gasteiger partial charge in [0, 0.05) is 19.0 Å². The Morgan fingerprint density at radius 1 is 1.03 bits per heavy atom. The maximum absolute atomic E-state index is 13.5. The fraction of sp³-hybridized carbons (Fsp3) is 0.552. The average molecular weight is 515 g/mol. The van der Waals surface area contributed by atoms with E-state index in [1.807, 2.05) is 44.2 Å². The molecule has 1 aliphatic rings. The fourth-order valence-electron chi connectivity index (χ4n) is 4.94. The van der Waals surface area contributed by atoms with Crippen molar-refractivity contribution in [2.75, 3.05) is 13.1 Å². The first kappa shape index (κ1) is 28.4. The van der Waals surface area contributed by atoms with Crippen molar-refractivity contribution in [2.45, 2.75) is 76.3 Å². The molecule has 0 aliphatic heterocycles. The molecule has 1 saturated carbocycles. The number of benzene rings is 2. The lowest BCUT2D eigenvalue weighted by Gasteiger charge is -2.33. The molecule has 2 aromatic carbocycles. The van der Waals surface area contributed by atoms with Crippen molar-refractivity contribution in [3.8, 4) is 0 Å². The number of aliphatic hydroxyl groups is 1. The van der Waals surface area contributed by atoms with Crippen molar-refractivity contribution < 1.29 is 18.3 Å². The summed E-state index contributed by atoms with van der Waals surface area (Å²) in [4.78, 5) is 13.5. The first-order chi connectivity index (χ1) is 17.2. The Balaban J connectivity index is 1.83. The van der Waals surface area contributed by atoms with E-state index >= 15 is 0 Å². The zero-order valence-electron chi connectivity index (χ0n) is 21.8. The molecule has 3 rings (SSSR count). The molecule has 2 aromatic rings. The number of sulfonamides is 1. The van der Waals surface area contributed by atoms with Gasteiger partial charge in [0.2, 0.25) is 15.9 Å². The van der Waals surface area contributed by atoms with E-state index in [4.69, 9.17) is 0 Å².